The van der Waals surface area contributed by atoms with Crippen LogP contribution in [-0.4, -0.2) is 41.3 Å². The molecule has 2 rings (SSSR count). The molecule has 1 heterocycles. The van der Waals surface area contributed by atoms with E-state index in [4.69, 9.17) is 9.84 Å². The normalized spacial score (nSPS) is 15.9. The summed E-state index contributed by atoms with van der Waals surface area (Å²) in [7, 11) is 1.64. The molecule has 17 heavy (non-hydrogen) atoms. The molecule has 1 aromatic heterocycles. The van der Waals surface area contributed by atoms with Gasteiger partial charge in [-0.05, 0) is 18.9 Å². The molecule has 1 aromatic rings. The summed E-state index contributed by atoms with van der Waals surface area (Å²) in [6, 6.07) is 4.58. The Bertz CT molecular complexity index is 353. The molecule has 0 bridgehead atoms. The summed E-state index contributed by atoms with van der Waals surface area (Å²) in [5, 5.41) is 9.12. The summed E-state index contributed by atoms with van der Waals surface area (Å²) in [4.78, 5) is 6.52. The highest BCUT2D eigenvalue weighted by molar-refractivity contribution is 5.25. The van der Waals surface area contributed by atoms with E-state index in [1.807, 2.05) is 12.1 Å². The minimum atomic E-state index is 0.207. The maximum atomic E-state index is 9.12. The SMILES string of the molecule is COc1ncccc1CN(CCO)C1CCC1. The monoisotopic (exact) mass is 236 g/mol. The number of nitrogens with zero attached hydrogens (tertiary/aromatic N) is 2. The van der Waals surface area contributed by atoms with Gasteiger partial charge >= 0.3 is 0 Å². The number of aromatic nitrogens is 1. The number of pyridine rings is 1. The molecule has 0 atom stereocenters. The summed E-state index contributed by atoms with van der Waals surface area (Å²) in [6.45, 7) is 1.74. The molecule has 0 radical (unpaired) electrons. The Kier molecular flexibility index (Phi) is 4.34. The van der Waals surface area contributed by atoms with Gasteiger partial charge in [0.15, 0.2) is 0 Å². The van der Waals surface area contributed by atoms with Gasteiger partial charge < -0.3 is 9.84 Å². The van der Waals surface area contributed by atoms with E-state index >= 15 is 0 Å². The van der Waals surface area contributed by atoms with Gasteiger partial charge in [0.1, 0.15) is 0 Å². The fourth-order valence-corrected chi connectivity index (χ4v) is 2.22. The maximum Gasteiger partial charge on any atom is 0.217 e. The van der Waals surface area contributed by atoms with Crippen LogP contribution in [0.1, 0.15) is 24.8 Å². The molecule has 1 aliphatic rings. The number of hydrogen-bond acceptors (Lipinski definition) is 4. The van der Waals surface area contributed by atoms with Crippen LogP contribution in [0.5, 0.6) is 5.88 Å². The second-order valence-electron chi connectivity index (χ2n) is 4.45. The molecule has 0 unspecified atom stereocenters. The molecule has 0 saturated heterocycles. The molecule has 1 saturated carbocycles. The van der Waals surface area contributed by atoms with Crippen molar-refractivity contribution in [3.63, 3.8) is 0 Å². The van der Waals surface area contributed by atoms with Gasteiger partial charge in [0, 0.05) is 30.9 Å². The van der Waals surface area contributed by atoms with Crippen molar-refractivity contribution in [2.24, 2.45) is 0 Å². The van der Waals surface area contributed by atoms with E-state index in [9.17, 15) is 0 Å². The number of aliphatic hydroxyl groups is 1. The van der Waals surface area contributed by atoms with Crippen LogP contribution in [-0.2, 0) is 6.54 Å². The average Bonchev–Trinajstić information content (AvgIpc) is 2.28. The quantitative estimate of drug-likeness (QED) is 0.811. The van der Waals surface area contributed by atoms with Crippen LogP contribution in [0.2, 0.25) is 0 Å². The Balaban J connectivity index is 2.05. The smallest absolute Gasteiger partial charge is 0.217 e. The third kappa shape index (κ3) is 2.96. The molecular weight excluding hydrogens is 216 g/mol. The van der Waals surface area contributed by atoms with E-state index in [-0.39, 0.29) is 6.61 Å². The first-order valence-electron chi connectivity index (χ1n) is 6.18. The Morgan fingerprint density at radius 1 is 1.53 bits per heavy atom. The number of hydrogen-bond donors (Lipinski definition) is 1. The van der Waals surface area contributed by atoms with Gasteiger partial charge in [-0.3, -0.25) is 4.90 Å². The van der Waals surface area contributed by atoms with Gasteiger partial charge in [-0.15, -0.1) is 0 Å². The lowest BCUT2D eigenvalue weighted by molar-refractivity contribution is 0.0935. The largest absolute Gasteiger partial charge is 0.481 e. The second-order valence-corrected chi connectivity index (χ2v) is 4.45. The first kappa shape index (κ1) is 12.3. The van der Waals surface area contributed by atoms with E-state index < -0.39 is 0 Å². The zero-order chi connectivity index (χ0) is 12.1. The number of methoxy groups -OCH3 is 1. The van der Waals surface area contributed by atoms with Crippen molar-refractivity contribution in [1.29, 1.82) is 0 Å². The Morgan fingerprint density at radius 2 is 2.35 bits per heavy atom. The molecule has 0 aromatic carbocycles. The van der Waals surface area contributed by atoms with E-state index in [0.717, 1.165) is 18.7 Å². The molecule has 1 aliphatic carbocycles. The fraction of sp³-hybridized carbons (Fsp3) is 0.615. The molecular formula is C13H20N2O2. The lowest BCUT2D eigenvalue weighted by atomic mass is 9.91. The molecule has 4 nitrogen and oxygen atoms in total. The van der Waals surface area contributed by atoms with Gasteiger partial charge in [-0.2, -0.15) is 0 Å². The Morgan fingerprint density at radius 3 is 2.94 bits per heavy atom. The lowest BCUT2D eigenvalue weighted by Crippen LogP contribution is -2.41. The third-order valence-electron chi connectivity index (χ3n) is 3.40. The van der Waals surface area contributed by atoms with Crippen molar-refractivity contribution in [3.8, 4) is 5.88 Å². The van der Waals surface area contributed by atoms with Crippen LogP contribution in [0.25, 0.3) is 0 Å². The highest BCUT2D eigenvalue weighted by Gasteiger charge is 2.25. The summed E-state index contributed by atoms with van der Waals surface area (Å²) in [5.74, 6) is 0.690. The van der Waals surface area contributed by atoms with Crippen molar-refractivity contribution in [3.05, 3.63) is 23.9 Å². The summed E-state index contributed by atoms with van der Waals surface area (Å²) in [5.41, 5.74) is 1.09. The number of ether oxygens (including phenoxy) is 1. The Labute approximate surface area is 102 Å². The van der Waals surface area contributed by atoms with E-state index in [1.165, 1.54) is 19.3 Å². The molecule has 0 amide bonds. The molecule has 4 heteroatoms. The lowest BCUT2D eigenvalue weighted by Gasteiger charge is -2.37. The van der Waals surface area contributed by atoms with Crippen LogP contribution in [0.3, 0.4) is 0 Å². The van der Waals surface area contributed by atoms with Gasteiger partial charge in [-0.25, -0.2) is 4.98 Å². The summed E-state index contributed by atoms with van der Waals surface area (Å²) in [6.07, 6.45) is 5.52. The van der Waals surface area contributed by atoms with E-state index in [0.29, 0.717) is 11.9 Å². The van der Waals surface area contributed by atoms with Crippen LogP contribution in [0.4, 0.5) is 0 Å². The first-order valence-corrected chi connectivity index (χ1v) is 6.18. The van der Waals surface area contributed by atoms with Crippen molar-refractivity contribution < 1.29 is 9.84 Å². The predicted molar refractivity (Wildman–Crippen MR) is 65.9 cm³/mol. The van der Waals surface area contributed by atoms with Gasteiger partial charge in [-0.1, -0.05) is 12.5 Å². The van der Waals surface area contributed by atoms with Gasteiger partial charge in [0.2, 0.25) is 5.88 Å². The zero-order valence-electron chi connectivity index (χ0n) is 10.3. The minimum absolute atomic E-state index is 0.207. The van der Waals surface area contributed by atoms with Crippen molar-refractivity contribution in [1.82, 2.24) is 9.88 Å². The Hall–Kier alpha value is -1.13. The average molecular weight is 236 g/mol. The van der Waals surface area contributed by atoms with Gasteiger partial charge in [0.05, 0.1) is 13.7 Å². The van der Waals surface area contributed by atoms with Crippen LogP contribution in [0.15, 0.2) is 18.3 Å². The van der Waals surface area contributed by atoms with Crippen LogP contribution < -0.4 is 4.74 Å². The zero-order valence-corrected chi connectivity index (χ0v) is 10.3. The van der Waals surface area contributed by atoms with E-state index in [1.54, 1.807) is 13.3 Å². The van der Waals surface area contributed by atoms with Crippen LogP contribution in [0, 0.1) is 0 Å². The van der Waals surface area contributed by atoms with Crippen LogP contribution >= 0.6 is 0 Å². The van der Waals surface area contributed by atoms with Gasteiger partial charge in [0.25, 0.3) is 0 Å². The standard InChI is InChI=1S/C13H20N2O2/c1-17-13-11(4-3-7-14-13)10-15(8-9-16)12-5-2-6-12/h3-4,7,12,16H,2,5-6,8-10H2,1H3. The molecule has 1 fully saturated rings. The van der Waals surface area contributed by atoms with E-state index in [2.05, 4.69) is 9.88 Å². The fourth-order valence-electron chi connectivity index (χ4n) is 2.22. The molecule has 0 spiro atoms. The minimum Gasteiger partial charge on any atom is -0.481 e. The highest BCUT2D eigenvalue weighted by atomic mass is 16.5. The third-order valence-corrected chi connectivity index (χ3v) is 3.40. The first-order chi connectivity index (χ1) is 8.35. The summed E-state index contributed by atoms with van der Waals surface area (Å²) < 4.78 is 5.26. The summed E-state index contributed by atoms with van der Waals surface area (Å²) >= 11 is 0. The topological polar surface area (TPSA) is 45.6 Å². The van der Waals surface area contributed by atoms with Crippen molar-refractivity contribution in [2.45, 2.75) is 31.8 Å². The number of rotatable bonds is 6. The van der Waals surface area contributed by atoms with Crippen molar-refractivity contribution >= 4 is 0 Å². The predicted octanol–water partition coefficient (Wildman–Crippen LogP) is 1.44. The second kappa shape index (κ2) is 5.98. The van der Waals surface area contributed by atoms with Crippen molar-refractivity contribution in [2.75, 3.05) is 20.3 Å². The highest BCUT2D eigenvalue weighted by Crippen LogP contribution is 2.27. The number of aliphatic hydroxyl groups excluding tert-OH is 1. The molecule has 1 N–H and O–H groups in total. The molecule has 94 valence electrons. The molecule has 0 aliphatic heterocycles. The maximum absolute atomic E-state index is 9.12.